The van der Waals surface area contributed by atoms with E-state index in [1.54, 1.807) is 10.8 Å². The maximum absolute atomic E-state index is 11.1. The van der Waals surface area contributed by atoms with Crippen LogP contribution in [0.5, 0.6) is 0 Å². The van der Waals surface area contributed by atoms with Gasteiger partial charge in [0.25, 0.3) is 0 Å². The summed E-state index contributed by atoms with van der Waals surface area (Å²) >= 11 is 4.61. The van der Waals surface area contributed by atoms with E-state index in [-0.39, 0.29) is 5.82 Å². The molecule has 7 nitrogen and oxygen atoms in total. The molecule has 0 saturated carbocycles. The highest BCUT2D eigenvalue weighted by molar-refractivity contribution is 7.80. The second kappa shape index (κ2) is 6.25. The van der Waals surface area contributed by atoms with Crippen LogP contribution in [-0.4, -0.2) is 24.0 Å². The summed E-state index contributed by atoms with van der Waals surface area (Å²) in [5.74, 6) is 1.13. The number of benzene rings is 1. The van der Waals surface area contributed by atoms with Gasteiger partial charge in [0.1, 0.15) is 17.3 Å². The van der Waals surface area contributed by atoms with E-state index in [2.05, 4.69) is 22.6 Å². The largest absolute Gasteiger partial charge is 0.358 e. The van der Waals surface area contributed by atoms with E-state index in [9.17, 15) is 10.1 Å². The molecule has 0 saturated heterocycles. The summed E-state index contributed by atoms with van der Waals surface area (Å²) in [7, 11) is 0. The summed E-state index contributed by atoms with van der Waals surface area (Å²) in [5.41, 5.74) is 0.947. The van der Waals surface area contributed by atoms with Crippen molar-refractivity contribution in [3.05, 3.63) is 70.7 Å². The van der Waals surface area contributed by atoms with Gasteiger partial charge in [-0.2, -0.15) is 12.6 Å². The van der Waals surface area contributed by atoms with Crippen LogP contribution < -0.4 is 0 Å². The van der Waals surface area contributed by atoms with Crippen LogP contribution in [0.15, 0.2) is 48.9 Å². The highest BCUT2D eigenvalue weighted by atomic mass is 32.1. The molecule has 0 aliphatic heterocycles. The van der Waals surface area contributed by atoms with E-state index in [1.165, 1.54) is 6.20 Å². The summed E-state index contributed by atoms with van der Waals surface area (Å²) in [6.07, 6.45) is 4.78. The summed E-state index contributed by atoms with van der Waals surface area (Å²) in [6.45, 7) is 2.27. The van der Waals surface area contributed by atoms with Gasteiger partial charge in [0, 0.05) is 18.1 Å². The molecule has 0 fully saturated rings. The van der Waals surface area contributed by atoms with Crippen LogP contribution in [0.3, 0.4) is 0 Å². The monoisotopic (exact) mass is 329 g/mol. The van der Waals surface area contributed by atoms with Gasteiger partial charge in [0.05, 0.1) is 6.54 Å². The molecule has 2 heterocycles. The van der Waals surface area contributed by atoms with Crippen molar-refractivity contribution in [3.8, 4) is 5.69 Å². The van der Waals surface area contributed by atoms with Gasteiger partial charge in [-0.05, 0) is 24.0 Å². The van der Waals surface area contributed by atoms with Crippen LogP contribution in [0.25, 0.3) is 5.69 Å². The van der Waals surface area contributed by atoms with E-state index < -0.39 is 10.2 Å². The highest BCUT2D eigenvalue weighted by Gasteiger charge is 2.28. The predicted molar refractivity (Wildman–Crippen MR) is 88.9 cm³/mol. The Hall–Kier alpha value is -2.61. The molecule has 0 amide bonds. The maximum Gasteiger partial charge on any atom is 0.342 e. The van der Waals surface area contributed by atoms with Gasteiger partial charge < -0.3 is 14.7 Å². The molecule has 1 aromatic carbocycles. The minimum atomic E-state index is -0.473. The van der Waals surface area contributed by atoms with Crippen molar-refractivity contribution in [3.63, 3.8) is 0 Å². The zero-order valence-corrected chi connectivity index (χ0v) is 13.3. The molecule has 3 rings (SSSR count). The third-order valence-corrected chi connectivity index (χ3v) is 4.02. The lowest BCUT2D eigenvalue weighted by molar-refractivity contribution is -0.392. The fourth-order valence-electron chi connectivity index (χ4n) is 2.51. The molecule has 8 heteroatoms. The van der Waals surface area contributed by atoms with Crippen LogP contribution in [-0.2, 0) is 6.54 Å². The lowest BCUT2D eigenvalue weighted by atomic mass is 10.3. The van der Waals surface area contributed by atoms with Gasteiger partial charge in [0.15, 0.2) is 0 Å². The number of imidazole rings is 2. The van der Waals surface area contributed by atoms with Crippen LogP contribution in [0.4, 0.5) is 5.82 Å². The Bertz CT molecular complexity index is 828. The van der Waals surface area contributed by atoms with Crippen LogP contribution in [0.1, 0.15) is 23.8 Å². The minimum absolute atomic E-state index is 0.0423. The zero-order valence-electron chi connectivity index (χ0n) is 12.4. The number of aromatic nitrogens is 4. The predicted octanol–water partition coefficient (Wildman–Crippen LogP) is 3.02. The highest BCUT2D eigenvalue weighted by Crippen LogP contribution is 2.30. The molecule has 0 aliphatic rings. The maximum atomic E-state index is 11.1. The second-order valence-electron chi connectivity index (χ2n) is 4.87. The molecule has 23 heavy (non-hydrogen) atoms. The third-order valence-electron chi connectivity index (χ3n) is 3.56. The first-order valence-electron chi connectivity index (χ1n) is 7.10. The summed E-state index contributed by atoms with van der Waals surface area (Å²) in [5, 5.41) is 10.6. The molecule has 0 aliphatic carbocycles. The molecule has 0 spiro atoms. The van der Waals surface area contributed by atoms with E-state index in [1.807, 2.05) is 48.0 Å². The molecule has 1 unspecified atom stereocenters. The Balaban J connectivity index is 2.04. The molecule has 118 valence electrons. The molecule has 0 bridgehead atoms. The van der Waals surface area contributed by atoms with Crippen molar-refractivity contribution < 1.29 is 4.92 Å². The average molecular weight is 329 g/mol. The fourth-order valence-corrected chi connectivity index (χ4v) is 2.91. The Morgan fingerprint density at radius 1 is 1.26 bits per heavy atom. The lowest BCUT2D eigenvalue weighted by Crippen LogP contribution is -2.11. The van der Waals surface area contributed by atoms with Crippen LogP contribution in [0, 0.1) is 10.1 Å². The first kappa shape index (κ1) is 15.3. The van der Waals surface area contributed by atoms with Gasteiger partial charge in [-0.15, -0.1) is 0 Å². The van der Waals surface area contributed by atoms with E-state index in [4.69, 9.17) is 0 Å². The van der Waals surface area contributed by atoms with Crippen molar-refractivity contribution in [2.24, 2.45) is 0 Å². The zero-order chi connectivity index (χ0) is 16.4. The van der Waals surface area contributed by atoms with Crippen molar-refractivity contribution in [2.45, 2.75) is 18.7 Å². The molecule has 3 aromatic rings. The second-order valence-corrected chi connectivity index (χ2v) is 5.39. The van der Waals surface area contributed by atoms with Crippen LogP contribution in [0.2, 0.25) is 0 Å². The normalized spacial score (nSPS) is 12.3. The Morgan fingerprint density at radius 3 is 2.65 bits per heavy atom. The van der Waals surface area contributed by atoms with E-state index in [0.717, 1.165) is 5.69 Å². The van der Waals surface area contributed by atoms with Crippen molar-refractivity contribution >= 4 is 18.4 Å². The SMILES string of the molecule is CCn1c([N+](=O)[O-])cnc1C(S)c1nccn1-c1ccccc1. The summed E-state index contributed by atoms with van der Waals surface area (Å²) in [6, 6.07) is 9.72. The first-order valence-corrected chi connectivity index (χ1v) is 7.61. The quantitative estimate of drug-likeness (QED) is 0.443. The Labute approximate surface area is 138 Å². The third kappa shape index (κ3) is 2.72. The molecule has 0 N–H and O–H groups in total. The molecule has 2 aromatic heterocycles. The number of nitro groups is 1. The minimum Gasteiger partial charge on any atom is -0.358 e. The number of nitrogens with zero attached hydrogens (tertiary/aromatic N) is 5. The molecular formula is C15H15N5O2S. The first-order chi connectivity index (χ1) is 11.1. The van der Waals surface area contributed by atoms with Gasteiger partial charge >= 0.3 is 5.82 Å². The van der Waals surface area contributed by atoms with Gasteiger partial charge in [-0.3, -0.25) is 0 Å². The topological polar surface area (TPSA) is 78.8 Å². The number of hydrogen-bond donors (Lipinski definition) is 1. The summed E-state index contributed by atoms with van der Waals surface area (Å²) in [4.78, 5) is 19.2. The number of thiol groups is 1. The number of hydrogen-bond acceptors (Lipinski definition) is 5. The smallest absolute Gasteiger partial charge is 0.342 e. The standard InChI is InChI=1S/C15H15N5O2S/c1-2-18-12(20(21)22)10-17-15(18)13(23)14-16-8-9-19(14)11-6-4-3-5-7-11/h3-10,13,23H,2H2,1H3. The Morgan fingerprint density at radius 2 is 2.00 bits per heavy atom. The van der Waals surface area contributed by atoms with E-state index >= 15 is 0 Å². The lowest BCUT2D eigenvalue weighted by Gasteiger charge is -2.12. The van der Waals surface area contributed by atoms with Crippen molar-refractivity contribution in [1.29, 1.82) is 0 Å². The molecule has 1 atom stereocenters. The Kier molecular flexibility index (Phi) is 4.16. The average Bonchev–Trinajstić information content (AvgIpc) is 3.21. The summed E-state index contributed by atoms with van der Waals surface area (Å²) < 4.78 is 3.44. The fraction of sp³-hybridized carbons (Fsp3) is 0.200. The van der Waals surface area contributed by atoms with Gasteiger partial charge in [-0.25, -0.2) is 14.5 Å². The number of para-hydroxylation sites is 1. The molecule has 0 radical (unpaired) electrons. The van der Waals surface area contributed by atoms with Gasteiger partial charge in [-0.1, -0.05) is 18.2 Å². The van der Waals surface area contributed by atoms with Gasteiger partial charge in [0.2, 0.25) is 5.82 Å². The van der Waals surface area contributed by atoms with E-state index in [0.29, 0.717) is 18.2 Å². The van der Waals surface area contributed by atoms with Crippen molar-refractivity contribution in [1.82, 2.24) is 19.1 Å². The van der Waals surface area contributed by atoms with Crippen LogP contribution >= 0.6 is 12.6 Å². The van der Waals surface area contributed by atoms with Crippen molar-refractivity contribution in [2.75, 3.05) is 0 Å². The molecular weight excluding hydrogens is 314 g/mol. The number of rotatable bonds is 5.